The highest BCUT2D eigenvalue weighted by atomic mass is 31.2. The number of aromatic nitrogens is 3. The van der Waals surface area contributed by atoms with Gasteiger partial charge in [-0.2, -0.15) is 10.4 Å². The van der Waals surface area contributed by atoms with Crippen molar-refractivity contribution in [1.29, 1.82) is 5.26 Å². The number of ether oxygens (including phenoxy) is 4. The molecule has 5 N–H and O–H groups in total. The number of anilines is 1. The molecule has 1 aliphatic carbocycles. The highest BCUT2D eigenvalue weighted by molar-refractivity contribution is 7.47. The molecule has 5 rings (SSSR count). The van der Waals surface area contributed by atoms with Gasteiger partial charge in [-0.05, 0) is 57.0 Å². The third kappa shape index (κ3) is 12.5. The van der Waals surface area contributed by atoms with Crippen LogP contribution in [0.3, 0.4) is 0 Å². The van der Waals surface area contributed by atoms with E-state index in [-0.39, 0.29) is 31.7 Å². The molecule has 15 nitrogen and oxygen atoms in total. The predicted octanol–water partition coefficient (Wildman–Crippen LogP) is 8.27. The van der Waals surface area contributed by atoms with E-state index >= 15 is 0 Å². The third-order valence-electron chi connectivity index (χ3n) is 11.6. The first-order valence-corrected chi connectivity index (χ1v) is 23.5. The van der Waals surface area contributed by atoms with Crippen molar-refractivity contribution in [3.63, 3.8) is 0 Å². The van der Waals surface area contributed by atoms with Crippen molar-refractivity contribution in [3.8, 4) is 11.8 Å². The van der Waals surface area contributed by atoms with Crippen LogP contribution >= 0.6 is 7.82 Å². The summed E-state index contributed by atoms with van der Waals surface area (Å²) in [5.41, 5.74) is 4.45. The number of benzene rings is 1. The Kier molecular flexibility index (Phi) is 18.2. The average molecular weight is 858 g/mol. The fourth-order valence-corrected chi connectivity index (χ4v) is 9.13. The van der Waals surface area contributed by atoms with E-state index in [9.17, 15) is 24.9 Å². The lowest BCUT2D eigenvalue weighted by molar-refractivity contribution is -0.0837. The molecule has 1 saturated carbocycles. The Hall–Kier alpha value is -3.16. The molecule has 1 saturated heterocycles. The van der Waals surface area contributed by atoms with Gasteiger partial charge in [0.05, 0.1) is 37.2 Å². The molecule has 0 radical (unpaired) electrons. The molecule has 2 unspecified atom stereocenters. The zero-order valence-electron chi connectivity index (χ0n) is 36.0. The van der Waals surface area contributed by atoms with Crippen molar-refractivity contribution >= 4 is 19.2 Å². The number of fused-ring (bicyclic) bond motifs is 2. The Morgan fingerprint density at radius 2 is 1.60 bits per heavy atom. The number of nitriles is 1. The molecule has 60 heavy (non-hydrogen) atoms. The smallest absolute Gasteiger partial charge is 0.472 e. The number of phosphoric acid groups is 1. The normalized spacial score (nSPS) is 23.8. The number of rotatable bonds is 30. The number of aliphatic hydroxyl groups is 2. The molecule has 0 amide bonds. The highest BCUT2D eigenvalue weighted by Crippen LogP contribution is 2.68. The van der Waals surface area contributed by atoms with Crippen LogP contribution in [0.2, 0.25) is 0 Å². The fourth-order valence-electron chi connectivity index (χ4n) is 8.08. The van der Waals surface area contributed by atoms with E-state index in [0.717, 1.165) is 24.8 Å². The zero-order chi connectivity index (χ0) is 43.2. The van der Waals surface area contributed by atoms with Crippen molar-refractivity contribution in [2.75, 3.05) is 25.6 Å². The molecule has 3 heterocycles. The molecule has 2 fully saturated rings. The molecule has 0 bridgehead atoms. The van der Waals surface area contributed by atoms with Gasteiger partial charge in [-0.25, -0.2) is 14.1 Å². The lowest BCUT2D eigenvalue weighted by Crippen LogP contribution is -2.35. The number of nitrogen functional groups attached to an aromatic ring is 1. The molecule has 16 heteroatoms. The summed E-state index contributed by atoms with van der Waals surface area (Å²) in [5.74, 6) is 0.665. The number of hydrogen-bond donors (Lipinski definition) is 4. The summed E-state index contributed by atoms with van der Waals surface area (Å²) in [5, 5.41) is 36.5. The molecule has 334 valence electrons. The molecule has 1 aromatic carbocycles. The van der Waals surface area contributed by atoms with Gasteiger partial charge in [0.2, 0.25) is 0 Å². The lowest BCUT2D eigenvalue weighted by atomic mass is 10.0. The second kappa shape index (κ2) is 22.8. The quantitative estimate of drug-likeness (QED) is 0.0367. The van der Waals surface area contributed by atoms with E-state index in [1.807, 2.05) is 13.8 Å². The minimum atomic E-state index is -4.82. The monoisotopic (exact) mass is 857 g/mol. The van der Waals surface area contributed by atoms with Gasteiger partial charge in [-0.1, -0.05) is 109 Å². The van der Waals surface area contributed by atoms with Crippen LogP contribution in [0.1, 0.15) is 153 Å². The Morgan fingerprint density at radius 1 is 0.967 bits per heavy atom. The van der Waals surface area contributed by atoms with Gasteiger partial charge in [0, 0.05) is 6.61 Å². The van der Waals surface area contributed by atoms with Crippen molar-refractivity contribution in [2.24, 2.45) is 0 Å². The average Bonchev–Trinajstić information content (AvgIpc) is 3.47. The summed E-state index contributed by atoms with van der Waals surface area (Å²) >= 11 is 0. The number of hydrogen-bond acceptors (Lipinski definition) is 13. The molecule has 3 aromatic rings. The maximum Gasteiger partial charge on any atom is 0.472 e. The van der Waals surface area contributed by atoms with Crippen LogP contribution in [0.15, 0.2) is 36.7 Å². The minimum absolute atomic E-state index is 0.0816. The van der Waals surface area contributed by atoms with Crippen LogP contribution in [0.25, 0.3) is 5.52 Å². The maximum atomic E-state index is 13.3. The molecular weight excluding hydrogens is 789 g/mol. The maximum absolute atomic E-state index is 13.3. The largest absolute Gasteiger partial charge is 0.490 e. The molecule has 0 spiro atoms. The standard InChI is InChI=1S/C44H68N5O10P/c1-5-6-7-8-9-10-11-12-13-14-15-16-17-18-19-20-25-54-29-35(55-28-33-21-22-34(27-45)38(26-33)57-32(2)3)30-56-60(52,53)59-42-43(4)44(42,51)40(50)39(58-43)36-23-24-37-41(46)47-31-48-49(36)37/h21-24,26,31-32,35,39-40,42,50-51H,5-20,25,28-30H2,1-4H3,(H,52,53)(H2,46,47,48)/t35-,39+,40+,42?,43-,44-/m1/s1. The van der Waals surface area contributed by atoms with Crippen LogP contribution in [-0.4, -0.2) is 85.1 Å². The Balaban J connectivity index is 1.06. The number of unbranched alkanes of at least 4 members (excludes halogenated alkanes) is 15. The SMILES string of the molecule is CCCCCCCCCCCCCCCCCCOC[C@H](COP(=O)(O)OC1[C@@]2(C)O[C@@H](c3ccc4c(N)ncnn34)[C@H](O)[C@@]12O)OCc1ccc(C#N)c(OC(C)C)c1. The second-order valence-corrected chi connectivity index (χ2v) is 18.2. The van der Waals surface area contributed by atoms with E-state index in [2.05, 4.69) is 23.1 Å². The second-order valence-electron chi connectivity index (χ2n) is 16.8. The van der Waals surface area contributed by atoms with Crippen LogP contribution in [0.5, 0.6) is 5.75 Å². The Morgan fingerprint density at radius 3 is 2.18 bits per heavy atom. The zero-order valence-corrected chi connectivity index (χ0v) is 36.9. The Labute approximate surface area is 355 Å². The van der Waals surface area contributed by atoms with Crippen molar-refractivity contribution < 1.29 is 47.7 Å². The first-order chi connectivity index (χ1) is 28.8. The lowest BCUT2D eigenvalue weighted by Gasteiger charge is -2.24. The van der Waals surface area contributed by atoms with Crippen LogP contribution in [0, 0.1) is 11.3 Å². The summed E-state index contributed by atoms with van der Waals surface area (Å²) in [6.45, 7) is 7.79. The fraction of sp³-hybridized carbons (Fsp3) is 0.705. The van der Waals surface area contributed by atoms with E-state index in [0.29, 0.717) is 29.1 Å². The summed E-state index contributed by atoms with van der Waals surface area (Å²) in [6.07, 6.45) is 16.8. The molecule has 1 aliphatic heterocycles. The van der Waals surface area contributed by atoms with Crippen LogP contribution in [-0.2, 0) is 34.4 Å². The first kappa shape index (κ1) is 47.9. The van der Waals surface area contributed by atoms with Gasteiger partial charge in [0.25, 0.3) is 0 Å². The first-order valence-electron chi connectivity index (χ1n) is 22.1. The van der Waals surface area contributed by atoms with Gasteiger partial charge in [0.15, 0.2) is 11.4 Å². The topological polar surface area (TPSA) is 213 Å². The number of nitrogens with two attached hydrogens (primary N) is 1. The highest BCUT2D eigenvalue weighted by Gasteiger charge is 2.87. The van der Waals surface area contributed by atoms with E-state index in [4.69, 9.17) is 33.7 Å². The van der Waals surface area contributed by atoms with Gasteiger partial charge >= 0.3 is 7.82 Å². The molecule has 2 aromatic heterocycles. The Bertz CT molecular complexity index is 1870. The van der Waals surface area contributed by atoms with Crippen molar-refractivity contribution in [2.45, 2.75) is 179 Å². The summed E-state index contributed by atoms with van der Waals surface area (Å²) in [6, 6.07) is 10.6. The van der Waals surface area contributed by atoms with Crippen LogP contribution < -0.4 is 10.5 Å². The number of nitrogens with zero attached hydrogens (tertiary/aromatic N) is 4. The number of aliphatic hydroxyl groups excluding tert-OH is 1. The molecule has 7 atom stereocenters. The summed E-state index contributed by atoms with van der Waals surface area (Å²) < 4.78 is 49.7. The molecule has 2 aliphatic rings. The van der Waals surface area contributed by atoms with E-state index in [1.54, 1.807) is 30.3 Å². The molecular formula is C44H68N5O10P. The summed E-state index contributed by atoms with van der Waals surface area (Å²) in [7, 11) is -4.82. The van der Waals surface area contributed by atoms with Gasteiger partial charge in [-0.3, -0.25) is 9.05 Å². The number of phosphoric ester groups is 1. The predicted molar refractivity (Wildman–Crippen MR) is 227 cm³/mol. The van der Waals surface area contributed by atoms with Gasteiger partial charge < -0.3 is 39.8 Å². The van der Waals surface area contributed by atoms with Gasteiger partial charge in [0.1, 0.15) is 53.7 Å². The van der Waals surface area contributed by atoms with Crippen molar-refractivity contribution in [1.82, 2.24) is 14.6 Å². The summed E-state index contributed by atoms with van der Waals surface area (Å²) in [4.78, 5) is 14.8. The van der Waals surface area contributed by atoms with E-state index in [1.165, 1.54) is 101 Å². The third-order valence-corrected chi connectivity index (χ3v) is 12.6. The van der Waals surface area contributed by atoms with Gasteiger partial charge in [-0.15, -0.1) is 0 Å². The van der Waals surface area contributed by atoms with Crippen LogP contribution in [0.4, 0.5) is 5.82 Å². The minimum Gasteiger partial charge on any atom is -0.490 e. The van der Waals surface area contributed by atoms with E-state index < -0.39 is 43.4 Å². The van der Waals surface area contributed by atoms with Crippen molar-refractivity contribution in [3.05, 3.63) is 53.5 Å².